The van der Waals surface area contributed by atoms with Crippen LogP contribution in [0, 0.1) is 0 Å². The van der Waals surface area contributed by atoms with Crippen LogP contribution in [-0.4, -0.2) is 11.1 Å². The molecule has 0 aliphatic carbocycles. The lowest BCUT2D eigenvalue weighted by molar-refractivity contribution is 0.242. The molecule has 3 heteroatoms. The van der Waals surface area contributed by atoms with Crippen LogP contribution >= 0.6 is 0 Å². The molecule has 1 atom stereocenters. The Morgan fingerprint density at radius 2 is 2.13 bits per heavy atom. The van der Waals surface area contributed by atoms with Crippen molar-refractivity contribution in [1.82, 2.24) is 5.32 Å². The number of rotatable bonds is 7. The molecule has 1 rings (SSSR count). The highest BCUT2D eigenvalue weighted by Gasteiger charge is 2.03. The van der Waals surface area contributed by atoms with Gasteiger partial charge in [-0.05, 0) is 25.5 Å². The predicted octanol–water partition coefficient (Wildman–Crippen LogP) is 2.44. The molecule has 1 aromatic heterocycles. The number of aliphatic hydroxyl groups excluding tert-OH is 1. The Morgan fingerprint density at radius 3 is 2.73 bits per heavy atom. The summed E-state index contributed by atoms with van der Waals surface area (Å²) in [6.07, 6.45) is 3.69. The van der Waals surface area contributed by atoms with Crippen LogP contribution in [0.25, 0.3) is 0 Å². The fourth-order valence-corrected chi connectivity index (χ4v) is 1.49. The first kappa shape index (κ1) is 12.3. The van der Waals surface area contributed by atoms with Crippen molar-refractivity contribution in [1.29, 1.82) is 0 Å². The molecule has 1 aromatic rings. The van der Waals surface area contributed by atoms with E-state index in [1.54, 1.807) is 0 Å². The second-order valence-corrected chi connectivity index (χ2v) is 3.95. The lowest BCUT2D eigenvalue weighted by Crippen LogP contribution is -2.24. The van der Waals surface area contributed by atoms with Crippen LogP contribution in [-0.2, 0) is 13.2 Å². The Kier molecular flexibility index (Phi) is 5.43. The summed E-state index contributed by atoms with van der Waals surface area (Å²) in [6.45, 7) is 5.11. The summed E-state index contributed by atoms with van der Waals surface area (Å²) in [5.41, 5.74) is 0. The quantitative estimate of drug-likeness (QED) is 0.728. The van der Waals surface area contributed by atoms with Gasteiger partial charge in [-0.25, -0.2) is 0 Å². The van der Waals surface area contributed by atoms with Gasteiger partial charge >= 0.3 is 0 Å². The molecule has 1 unspecified atom stereocenters. The lowest BCUT2D eigenvalue weighted by atomic mass is 10.1. The number of furan rings is 1. The number of unbranched alkanes of at least 4 members (excludes halogenated alkanes) is 1. The summed E-state index contributed by atoms with van der Waals surface area (Å²) in [5, 5.41) is 12.2. The zero-order valence-electron chi connectivity index (χ0n) is 9.62. The summed E-state index contributed by atoms with van der Waals surface area (Å²) >= 11 is 0. The van der Waals surface area contributed by atoms with Gasteiger partial charge in [-0.3, -0.25) is 0 Å². The molecule has 3 nitrogen and oxygen atoms in total. The van der Waals surface area contributed by atoms with Crippen LogP contribution < -0.4 is 5.32 Å². The average Bonchev–Trinajstić information content (AvgIpc) is 2.71. The fraction of sp³-hybridized carbons (Fsp3) is 0.667. The molecule has 0 saturated carbocycles. The molecular formula is C12H21NO2. The first-order valence-electron chi connectivity index (χ1n) is 5.68. The molecule has 0 aliphatic heterocycles. The summed E-state index contributed by atoms with van der Waals surface area (Å²) in [6, 6.07) is 4.24. The standard InChI is InChI=1S/C12H21NO2/c1-3-4-5-10(2)13-8-11-6-7-12(9-14)15-11/h6-7,10,13-14H,3-5,8-9H2,1-2H3. The van der Waals surface area contributed by atoms with Gasteiger partial charge in [0.2, 0.25) is 0 Å². The van der Waals surface area contributed by atoms with Gasteiger partial charge in [0.05, 0.1) is 6.54 Å². The van der Waals surface area contributed by atoms with E-state index in [1.165, 1.54) is 19.3 Å². The van der Waals surface area contributed by atoms with E-state index in [-0.39, 0.29) is 6.61 Å². The van der Waals surface area contributed by atoms with Crippen molar-refractivity contribution in [2.45, 2.75) is 52.3 Å². The van der Waals surface area contributed by atoms with E-state index in [0.717, 1.165) is 12.3 Å². The molecule has 0 aliphatic rings. The molecule has 0 radical (unpaired) electrons. The largest absolute Gasteiger partial charge is 0.462 e. The topological polar surface area (TPSA) is 45.4 Å². The third-order valence-electron chi connectivity index (χ3n) is 2.49. The van der Waals surface area contributed by atoms with Gasteiger partial charge in [0, 0.05) is 6.04 Å². The molecule has 0 saturated heterocycles. The predicted molar refractivity (Wildman–Crippen MR) is 60.5 cm³/mol. The third-order valence-corrected chi connectivity index (χ3v) is 2.49. The van der Waals surface area contributed by atoms with E-state index in [4.69, 9.17) is 9.52 Å². The maximum Gasteiger partial charge on any atom is 0.129 e. The van der Waals surface area contributed by atoms with Crippen LogP contribution in [0.5, 0.6) is 0 Å². The van der Waals surface area contributed by atoms with Crippen molar-refractivity contribution < 1.29 is 9.52 Å². The number of nitrogens with one attached hydrogen (secondary N) is 1. The molecule has 1 heterocycles. The van der Waals surface area contributed by atoms with E-state index >= 15 is 0 Å². The van der Waals surface area contributed by atoms with Crippen molar-refractivity contribution in [3.63, 3.8) is 0 Å². The van der Waals surface area contributed by atoms with Crippen molar-refractivity contribution in [2.75, 3.05) is 0 Å². The smallest absolute Gasteiger partial charge is 0.129 e. The Bertz CT molecular complexity index is 270. The van der Waals surface area contributed by atoms with Gasteiger partial charge in [-0.15, -0.1) is 0 Å². The van der Waals surface area contributed by atoms with Crippen molar-refractivity contribution >= 4 is 0 Å². The second kappa shape index (κ2) is 6.64. The highest BCUT2D eigenvalue weighted by atomic mass is 16.4. The normalized spacial score (nSPS) is 13.0. The summed E-state index contributed by atoms with van der Waals surface area (Å²) in [7, 11) is 0. The van der Waals surface area contributed by atoms with Crippen molar-refractivity contribution in [3.05, 3.63) is 23.7 Å². The SMILES string of the molecule is CCCCC(C)NCc1ccc(CO)o1. The monoisotopic (exact) mass is 211 g/mol. The molecule has 15 heavy (non-hydrogen) atoms. The zero-order valence-corrected chi connectivity index (χ0v) is 9.62. The fourth-order valence-electron chi connectivity index (χ4n) is 1.49. The van der Waals surface area contributed by atoms with E-state index < -0.39 is 0 Å². The highest BCUT2D eigenvalue weighted by molar-refractivity contribution is 5.06. The van der Waals surface area contributed by atoms with Crippen molar-refractivity contribution in [3.8, 4) is 0 Å². The van der Waals surface area contributed by atoms with E-state index in [2.05, 4.69) is 19.2 Å². The maximum absolute atomic E-state index is 8.83. The maximum atomic E-state index is 8.83. The summed E-state index contributed by atoms with van der Waals surface area (Å²) in [4.78, 5) is 0. The molecule has 0 fully saturated rings. The Morgan fingerprint density at radius 1 is 1.40 bits per heavy atom. The van der Waals surface area contributed by atoms with Crippen LogP contribution in [0.4, 0.5) is 0 Å². The molecule has 0 amide bonds. The van der Waals surface area contributed by atoms with Gasteiger partial charge in [0.1, 0.15) is 18.1 Å². The minimum absolute atomic E-state index is 0.0224. The van der Waals surface area contributed by atoms with Gasteiger partial charge in [0.15, 0.2) is 0 Å². The van der Waals surface area contributed by atoms with Gasteiger partial charge in [0.25, 0.3) is 0 Å². The summed E-state index contributed by atoms with van der Waals surface area (Å²) in [5.74, 6) is 1.52. The van der Waals surface area contributed by atoms with E-state index in [1.807, 2.05) is 12.1 Å². The van der Waals surface area contributed by atoms with Crippen LogP contribution in [0.15, 0.2) is 16.5 Å². The van der Waals surface area contributed by atoms with Crippen LogP contribution in [0.2, 0.25) is 0 Å². The first-order valence-corrected chi connectivity index (χ1v) is 5.68. The van der Waals surface area contributed by atoms with Crippen molar-refractivity contribution in [2.24, 2.45) is 0 Å². The molecule has 0 bridgehead atoms. The Balaban J connectivity index is 2.24. The number of aliphatic hydroxyl groups is 1. The Hall–Kier alpha value is -0.800. The van der Waals surface area contributed by atoms with Crippen LogP contribution in [0.3, 0.4) is 0 Å². The van der Waals surface area contributed by atoms with Gasteiger partial charge in [-0.1, -0.05) is 19.8 Å². The van der Waals surface area contributed by atoms with Crippen LogP contribution in [0.1, 0.15) is 44.6 Å². The zero-order chi connectivity index (χ0) is 11.1. The minimum Gasteiger partial charge on any atom is -0.462 e. The Labute approximate surface area is 91.5 Å². The number of hydrogen-bond donors (Lipinski definition) is 2. The van der Waals surface area contributed by atoms with Gasteiger partial charge in [-0.2, -0.15) is 0 Å². The summed E-state index contributed by atoms with van der Waals surface area (Å²) < 4.78 is 5.38. The van der Waals surface area contributed by atoms with E-state index in [9.17, 15) is 0 Å². The highest BCUT2D eigenvalue weighted by Crippen LogP contribution is 2.08. The van der Waals surface area contributed by atoms with Gasteiger partial charge < -0.3 is 14.8 Å². The average molecular weight is 211 g/mol. The molecule has 0 aromatic carbocycles. The lowest BCUT2D eigenvalue weighted by Gasteiger charge is -2.11. The second-order valence-electron chi connectivity index (χ2n) is 3.95. The molecular weight excluding hydrogens is 190 g/mol. The number of hydrogen-bond acceptors (Lipinski definition) is 3. The minimum atomic E-state index is -0.0224. The molecule has 0 spiro atoms. The molecule has 2 N–H and O–H groups in total. The first-order chi connectivity index (χ1) is 7.26. The molecule has 86 valence electrons. The van der Waals surface area contributed by atoms with E-state index in [0.29, 0.717) is 11.8 Å². The third kappa shape index (κ3) is 4.49.